The number of aromatic nitrogens is 2. The third kappa shape index (κ3) is 3.72. The van der Waals surface area contributed by atoms with E-state index in [0.717, 1.165) is 12.0 Å². The van der Waals surface area contributed by atoms with Crippen molar-refractivity contribution in [3.8, 4) is 22.9 Å². The van der Waals surface area contributed by atoms with Crippen LogP contribution in [0.3, 0.4) is 0 Å². The van der Waals surface area contributed by atoms with Gasteiger partial charge in [0.15, 0.2) is 11.5 Å². The predicted molar refractivity (Wildman–Crippen MR) is 79.4 cm³/mol. The van der Waals surface area contributed by atoms with E-state index in [9.17, 15) is 0 Å². The van der Waals surface area contributed by atoms with Crippen LogP contribution in [0.1, 0.15) is 26.2 Å². The van der Waals surface area contributed by atoms with Crippen LogP contribution in [0.15, 0.2) is 22.7 Å². The van der Waals surface area contributed by atoms with Crippen molar-refractivity contribution in [3.05, 3.63) is 24.1 Å². The van der Waals surface area contributed by atoms with Crippen LogP contribution in [0, 0.1) is 0 Å². The molecule has 1 aromatic carbocycles. The number of methoxy groups -OCH3 is 2. The third-order valence-electron chi connectivity index (χ3n) is 3.32. The fourth-order valence-corrected chi connectivity index (χ4v) is 1.83. The Hall–Kier alpha value is -2.08. The maximum absolute atomic E-state index is 5.28. The summed E-state index contributed by atoms with van der Waals surface area (Å²) in [6, 6.07) is 5.94. The van der Waals surface area contributed by atoms with Crippen LogP contribution in [0.5, 0.6) is 11.5 Å². The summed E-state index contributed by atoms with van der Waals surface area (Å²) in [6.45, 7) is 4.81. The highest BCUT2D eigenvalue weighted by molar-refractivity contribution is 5.60. The largest absolute Gasteiger partial charge is 0.493 e. The summed E-state index contributed by atoms with van der Waals surface area (Å²) in [4.78, 5) is 4.38. The topological polar surface area (TPSA) is 69.4 Å². The molecule has 0 aliphatic heterocycles. The summed E-state index contributed by atoms with van der Waals surface area (Å²) in [7, 11) is 3.20. The van der Waals surface area contributed by atoms with Crippen molar-refractivity contribution in [2.45, 2.75) is 32.9 Å². The molecule has 1 aromatic heterocycles. The van der Waals surface area contributed by atoms with Crippen molar-refractivity contribution in [2.24, 2.45) is 0 Å². The monoisotopic (exact) mass is 291 g/mol. The highest BCUT2D eigenvalue weighted by Gasteiger charge is 2.12. The van der Waals surface area contributed by atoms with Gasteiger partial charge in [0, 0.05) is 11.6 Å². The number of ether oxygens (including phenoxy) is 2. The Bertz CT molecular complexity index is 583. The smallest absolute Gasteiger partial charge is 0.240 e. The Kier molecular flexibility index (Phi) is 5.16. The quantitative estimate of drug-likeness (QED) is 0.845. The molecular weight excluding hydrogens is 270 g/mol. The Morgan fingerprint density at radius 1 is 1.24 bits per heavy atom. The number of rotatable bonds is 7. The number of hydrogen-bond donors (Lipinski definition) is 1. The first-order valence-corrected chi connectivity index (χ1v) is 6.96. The first-order chi connectivity index (χ1) is 10.2. The van der Waals surface area contributed by atoms with E-state index in [-0.39, 0.29) is 0 Å². The van der Waals surface area contributed by atoms with Gasteiger partial charge in [-0.05, 0) is 31.5 Å². The van der Waals surface area contributed by atoms with Crippen LogP contribution in [0.2, 0.25) is 0 Å². The van der Waals surface area contributed by atoms with Crippen molar-refractivity contribution < 1.29 is 14.0 Å². The molecule has 0 spiro atoms. The summed E-state index contributed by atoms with van der Waals surface area (Å²) in [5.41, 5.74) is 0.825. The third-order valence-corrected chi connectivity index (χ3v) is 3.32. The molecule has 6 nitrogen and oxygen atoms in total. The van der Waals surface area contributed by atoms with Gasteiger partial charge in [-0.1, -0.05) is 12.1 Å². The van der Waals surface area contributed by atoms with E-state index in [2.05, 4.69) is 29.3 Å². The maximum atomic E-state index is 5.28. The SMILES string of the molecule is CCC(C)NCc1nc(-c2ccc(OC)c(OC)c2)no1. The zero-order chi connectivity index (χ0) is 15.2. The summed E-state index contributed by atoms with van der Waals surface area (Å²) in [6.07, 6.45) is 1.05. The van der Waals surface area contributed by atoms with E-state index in [4.69, 9.17) is 14.0 Å². The molecule has 0 aliphatic carbocycles. The molecule has 0 radical (unpaired) electrons. The number of hydrogen-bond acceptors (Lipinski definition) is 6. The van der Waals surface area contributed by atoms with Gasteiger partial charge in [-0.25, -0.2) is 0 Å². The lowest BCUT2D eigenvalue weighted by Crippen LogP contribution is -2.24. The zero-order valence-electron chi connectivity index (χ0n) is 12.8. The molecule has 0 fully saturated rings. The zero-order valence-corrected chi connectivity index (χ0v) is 12.8. The van der Waals surface area contributed by atoms with Crippen LogP contribution in [0.25, 0.3) is 11.4 Å². The van der Waals surface area contributed by atoms with Crippen molar-refractivity contribution in [2.75, 3.05) is 14.2 Å². The molecule has 0 amide bonds. The van der Waals surface area contributed by atoms with Crippen LogP contribution < -0.4 is 14.8 Å². The van der Waals surface area contributed by atoms with E-state index in [1.807, 2.05) is 18.2 Å². The molecular formula is C15H21N3O3. The molecule has 1 N–H and O–H groups in total. The van der Waals surface area contributed by atoms with Gasteiger partial charge >= 0.3 is 0 Å². The minimum absolute atomic E-state index is 0.418. The Balaban J connectivity index is 2.14. The molecule has 2 rings (SSSR count). The lowest BCUT2D eigenvalue weighted by Gasteiger charge is -2.08. The molecule has 0 aliphatic rings. The summed E-state index contributed by atoms with van der Waals surface area (Å²) >= 11 is 0. The van der Waals surface area contributed by atoms with Crippen LogP contribution in [-0.2, 0) is 6.54 Å². The average Bonchev–Trinajstić information content (AvgIpc) is 3.00. The second kappa shape index (κ2) is 7.08. The second-order valence-electron chi connectivity index (χ2n) is 4.77. The van der Waals surface area contributed by atoms with Gasteiger partial charge in [-0.2, -0.15) is 4.98 Å². The molecule has 0 bridgehead atoms. The first kappa shape index (κ1) is 15.3. The Morgan fingerprint density at radius 2 is 2.00 bits per heavy atom. The fraction of sp³-hybridized carbons (Fsp3) is 0.467. The van der Waals surface area contributed by atoms with Gasteiger partial charge in [0.05, 0.1) is 20.8 Å². The molecule has 0 saturated carbocycles. The molecule has 2 aromatic rings. The van der Waals surface area contributed by atoms with Crippen LogP contribution in [0.4, 0.5) is 0 Å². The predicted octanol–water partition coefficient (Wildman–Crippen LogP) is 2.64. The van der Waals surface area contributed by atoms with Crippen molar-refractivity contribution in [1.29, 1.82) is 0 Å². The van der Waals surface area contributed by atoms with Gasteiger partial charge in [0.2, 0.25) is 11.7 Å². The molecule has 114 valence electrons. The lowest BCUT2D eigenvalue weighted by molar-refractivity contribution is 0.354. The van der Waals surface area contributed by atoms with Crippen molar-refractivity contribution >= 4 is 0 Å². The van der Waals surface area contributed by atoms with E-state index in [1.54, 1.807) is 14.2 Å². The normalized spacial score (nSPS) is 12.2. The van der Waals surface area contributed by atoms with E-state index in [1.165, 1.54) is 0 Å². The molecule has 1 heterocycles. The van der Waals surface area contributed by atoms with Crippen molar-refractivity contribution in [3.63, 3.8) is 0 Å². The van der Waals surface area contributed by atoms with Gasteiger partial charge in [0.1, 0.15) is 0 Å². The standard InChI is InChI=1S/C15H21N3O3/c1-5-10(2)16-9-14-17-15(18-21-14)11-6-7-12(19-3)13(8-11)20-4/h6-8,10,16H,5,9H2,1-4H3. The minimum atomic E-state index is 0.418. The molecule has 1 unspecified atom stereocenters. The number of nitrogens with zero attached hydrogens (tertiary/aromatic N) is 2. The number of benzene rings is 1. The van der Waals surface area contributed by atoms with Crippen molar-refractivity contribution in [1.82, 2.24) is 15.5 Å². The highest BCUT2D eigenvalue weighted by Crippen LogP contribution is 2.31. The van der Waals surface area contributed by atoms with Crippen LogP contribution >= 0.6 is 0 Å². The van der Waals surface area contributed by atoms with Crippen LogP contribution in [-0.4, -0.2) is 30.4 Å². The Morgan fingerprint density at radius 3 is 2.67 bits per heavy atom. The average molecular weight is 291 g/mol. The molecule has 1 atom stereocenters. The molecule has 21 heavy (non-hydrogen) atoms. The van der Waals surface area contributed by atoms with Gasteiger partial charge < -0.3 is 19.3 Å². The molecule has 6 heteroatoms. The number of nitrogens with one attached hydrogen (secondary N) is 1. The first-order valence-electron chi connectivity index (χ1n) is 6.96. The lowest BCUT2D eigenvalue weighted by atomic mass is 10.2. The molecule has 0 saturated heterocycles. The summed E-state index contributed by atoms with van der Waals surface area (Å²) in [5.74, 6) is 2.42. The van der Waals surface area contributed by atoms with E-state index in [0.29, 0.717) is 35.8 Å². The van der Waals surface area contributed by atoms with Gasteiger partial charge in [-0.3, -0.25) is 0 Å². The van der Waals surface area contributed by atoms with E-state index < -0.39 is 0 Å². The van der Waals surface area contributed by atoms with Gasteiger partial charge in [0.25, 0.3) is 0 Å². The second-order valence-corrected chi connectivity index (χ2v) is 4.77. The fourth-order valence-electron chi connectivity index (χ4n) is 1.83. The minimum Gasteiger partial charge on any atom is -0.493 e. The van der Waals surface area contributed by atoms with E-state index >= 15 is 0 Å². The maximum Gasteiger partial charge on any atom is 0.240 e. The Labute approximate surface area is 124 Å². The highest BCUT2D eigenvalue weighted by atomic mass is 16.5. The van der Waals surface area contributed by atoms with Gasteiger partial charge in [-0.15, -0.1) is 0 Å². The summed E-state index contributed by atoms with van der Waals surface area (Å²) < 4.78 is 15.7. The summed E-state index contributed by atoms with van der Waals surface area (Å²) in [5, 5.41) is 7.31.